The standard InChI is InChI=1S/C8H13P.B/c1-9(2)8-6-4-3-5-7-8;/h4,6-7H,3,5H2,1-2H3;. The Labute approximate surface area is 66.7 Å². The van der Waals surface area contributed by atoms with Crippen molar-refractivity contribution in [3.63, 3.8) is 0 Å². The second kappa shape index (κ2) is 4.74. The minimum Gasteiger partial charge on any atom is -0.0836 e. The third-order valence-electron chi connectivity index (χ3n) is 1.49. The van der Waals surface area contributed by atoms with Crippen molar-refractivity contribution in [3.8, 4) is 0 Å². The highest BCUT2D eigenvalue weighted by molar-refractivity contribution is 7.60. The third-order valence-corrected chi connectivity index (χ3v) is 2.86. The number of hydrogen-bond acceptors (Lipinski definition) is 0. The van der Waals surface area contributed by atoms with E-state index in [4.69, 9.17) is 0 Å². The Balaban J connectivity index is 0.000000810. The fraction of sp³-hybridized carbons (Fsp3) is 0.500. The molecule has 0 fully saturated rings. The zero-order valence-corrected chi connectivity index (χ0v) is 7.57. The maximum atomic E-state index is 2.37. The Bertz CT molecular complexity index is 147. The quantitative estimate of drug-likeness (QED) is 0.399. The van der Waals surface area contributed by atoms with Gasteiger partial charge in [-0.2, -0.15) is 0 Å². The SMILES string of the molecule is CP(C)C1=CCCC=C1.[B]. The lowest BCUT2D eigenvalue weighted by Crippen LogP contribution is -1.80. The average molecular weight is 151 g/mol. The minimum atomic E-state index is 0. The van der Waals surface area contributed by atoms with Crippen LogP contribution in [0, 0.1) is 0 Å². The van der Waals surface area contributed by atoms with E-state index in [0.717, 1.165) is 0 Å². The fourth-order valence-corrected chi connectivity index (χ4v) is 1.83. The molecule has 0 saturated heterocycles. The summed E-state index contributed by atoms with van der Waals surface area (Å²) < 4.78 is 0. The lowest BCUT2D eigenvalue weighted by Gasteiger charge is -2.09. The molecule has 0 nitrogen and oxygen atoms in total. The van der Waals surface area contributed by atoms with Gasteiger partial charge >= 0.3 is 0 Å². The third kappa shape index (κ3) is 2.71. The van der Waals surface area contributed by atoms with Crippen LogP contribution in [0.4, 0.5) is 0 Å². The van der Waals surface area contributed by atoms with E-state index >= 15 is 0 Å². The molecule has 0 atom stereocenters. The van der Waals surface area contributed by atoms with Gasteiger partial charge in [0.05, 0.1) is 0 Å². The lowest BCUT2D eigenvalue weighted by atomic mass is 10.2. The van der Waals surface area contributed by atoms with Crippen LogP contribution in [0.1, 0.15) is 12.8 Å². The van der Waals surface area contributed by atoms with Crippen LogP contribution in [0.15, 0.2) is 23.5 Å². The number of rotatable bonds is 1. The highest BCUT2D eigenvalue weighted by Crippen LogP contribution is 2.38. The van der Waals surface area contributed by atoms with Crippen LogP contribution in [-0.4, -0.2) is 21.7 Å². The second-order valence-electron chi connectivity index (χ2n) is 2.50. The predicted octanol–water partition coefficient (Wildman–Crippen LogP) is 2.58. The molecule has 0 aromatic heterocycles. The van der Waals surface area contributed by atoms with E-state index in [-0.39, 0.29) is 16.3 Å². The molecule has 0 aliphatic heterocycles. The summed E-state index contributed by atoms with van der Waals surface area (Å²) in [6.07, 6.45) is 9.41. The maximum Gasteiger partial charge on any atom is 0 e. The first kappa shape index (κ1) is 9.97. The van der Waals surface area contributed by atoms with Crippen LogP contribution < -0.4 is 0 Å². The Morgan fingerprint density at radius 1 is 1.30 bits per heavy atom. The molecule has 0 aromatic rings. The summed E-state index contributed by atoms with van der Waals surface area (Å²) in [5.74, 6) is 0. The van der Waals surface area contributed by atoms with Gasteiger partial charge < -0.3 is 0 Å². The predicted molar refractivity (Wildman–Crippen MR) is 51.0 cm³/mol. The van der Waals surface area contributed by atoms with Crippen molar-refractivity contribution in [1.29, 1.82) is 0 Å². The van der Waals surface area contributed by atoms with Crippen LogP contribution in [0.25, 0.3) is 0 Å². The molecule has 0 spiro atoms. The van der Waals surface area contributed by atoms with Crippen LogP contribution in [0.2, 0.25) is 0 Å². The smallest absolute Gasteiger partial charge is 0 e. The van der Waals surface area contributed by atoms with E-state index in [2.05, 4.69) is 31.6 Å². The Morgan fingerprint density at radius 2 is 2.00 bits per heavy atom. The van der Waals surface area contributed by atoms with Crippen molar-refractivity contribution < 1.29 is 0 Å². The van der Waals surface area contributed by atoms with Crippen LogP contribution in [0.5, 0.6) is 0 Å². The van der Waals surface area contributed by atoms with E-state index in [1.165, 1.54) is 12.8 Å². The summed E-state index contributed by atoms with van der Waals surface area (Å²) in [6.45, 7) is 4.60. The minimum absolute atomic E-state index is 0. The molecule has 1 aliphatic rings. The van der Waals surface area contributed by atoms with Crippen LogP contribution in [-0.2, 0) is 0 Å². The highest BCUT2D eigenvalue weighted by Gasteiger charge is 1.99. The molecule has 0 aromatic carbocycles. The summed E-state index contributed by atoms with van der Waals surface area (Å²) in [5.41, 5.74) is 0. The van der Waals surface area contributed by atoms with E-state index in [1.807, 2.05) is 0 Å². The fourth-order valence-electron chi connectivity index (χ4n) is 0.931. The summed E-state index contributed by atoms with van der Waals surface area (Å²) >= 11 is 0. The summed E-state index contributed by atoms with van der Waals surface area (Å²) in [4.78, 5) is 0. The zero-order valence-electron chi connectivity index (χ0n) is 6.67. The average Bonchev–Trinajstić information content (AvgIpc) is 1.90. The summed E-state index contributed by atoms with van der Waals surface area (Å²) in [5, 5.41) is 1.57. The van der Waals surface area contributed by atoms with Gasteiger partial charge in [0.1, 0.15) is 0 Å². The summed E-state index contributed by atoms with van der Waals surface area (Å²) in [7, 11) is 0.156. The van der Waals surface area contributed by atoms with Crippen molar-refractivity contribution in [3.05, 3.63) is 23.5 Å². The first-order chi connectivity index (χ1) is 4.30. The molecular weight excluding hydrogens is 138 g/mol. The molecule has 1 aliphatic carbocycles. The molecular formula is C8H13BP. The van der Waals surface area contributed by atoms with E-state index in [0.29, 0.717) is 0 Å². The van der Waals surface area contributed by atoms with Crippen molar-refractivity contribution >= 4 is 16.3 Å². The van der Waals surface area contributed by atoms with Crippen molar-refractivity contribution in [1.82, 2.24) is 0 Å². The van der Waals surface area contributed by atoms with E-state index < -0.39 is 0 Å². The van der Waals surface area contributed by atoms with Gasteiger partial charge in [0.25, 0.3) is 0 Å². The van der Waals surface area contributed by atoms with Crippen molar-refractivity contribution in [2.75, 3.05) is 13.3 Å². The van der Waals surface area contributed by atoms with Gasteiger partial charge in [-0.1, -0.05) is 26.1 Å². The molecule has 0 heterocycles. The molecule has 1 rings (SSSR count). The first-order valence-corrected chi connectivity index (χ1v) is 5.58. The first-order valence-electron chi connectivity index (χ1n) is 3.35. The number of hydrogen-bond donors (Lipinski definition) is 0. The van der Waals surface area contributed by atoms with Gasteiger partial charge in [0.2, 0.25) is 0 Å². The van der Waals surface area contributed by atoms with E-state index in [1.54, 1.807) is 5.31 Å². The van der Waals surface area contributed by atoms with Crippen molar-refractivity contribution in [2.45, 2.75) is 12.8 Å². The lowest BCUT2D eigenvalue weighted by molar-refractivity contribution is 1.03. The Kier molecular flexibility index (Phi) is 4.73. The topological polar surface area (TPSA) is 0 Å². The van der Waals surface area contributed by atoms with Crippen LogP contribution in [0.3, 0.4) is 0 Å². The second-order valence-corrected chi connectivity index (χ2v) is 4.81. The summed E-state index contributed by atoms with van der Waals surface area (Å²) in [6, 6.07) is 0. The molecule has 0 N–H and O–H groups in total. The normalized spacial score (nSPS) is 16.5. The number of allylic oxidation sites excluding steroid dienone is 4. The molecule has 0 bridgehead atoms. The van der Waals surface area contributed by atoms with Gasteiger partial charge in [-0.3, -0.25) is 0 Å². The van der Waals surface area contributed by atoms with Gasteiger partial charge in [-0.15, -0.1) is 0 Å². The van der Waals surface area contributed by atoms with Gasteiger partial charge in [0, 0.05) is 8.41 Å². The van der Waals surface area contributed by atoms with Gasteiger partial charge in [-0.05, 0) is 31.5 Å². The Hall–Kier alpha value is -0.0251. The molecule has 10 heavy (non-hydrogen) atoms. The molecule has 0 saturated carbocycles. The largest absolute Gasteiger partial charge is 0.0836 e. The zero-order chi connectivity index (χ0) is 6.69. The van der Waals surface area contributed by atoms with Gasteiger partial charge in [-0.25, -0.2) is 0 Å². The van der Waals surface area contributed by atoms with Crippen LogP contribution >= 0.6 is 7.92 Å². The Morgan fingerprint density at radius 3 is 2.30 bits per heavy atom. The van der Waals surface area contributed by atoms with Crippen molar-refractivity contribution in [2.24, 2.45) is 0 Å². The highest BCUT2D eigenvalue weighted by atomic mass is 31.1. The molecule has 3 radical (unpaired) electrons. The monoisotopic (exact) mass is 151 g/mol. The molecule has 2 heteroatoms. The molecule has 0 amide bonds. The molecule has 0 unspecified atom stereocenters. The molecule has 53 valence electrons. The maximum absolute atomic E-state index is 2.37. The van der Waals surface area contributed by atoms with E-state index in [9.17, 15) is 0 Å². The van der Waals surface area contributed by atoms with Gasteiger partial charge in [0.15, 0.2) is 0 Å².